The first kappa shape index (κ1) is 12.7. The highest BCUT2D eigenvalue weighted by Crippen LogP contribution is 2.28. The van der Waals surface area contributed by atoms with Gasteiger partial charge in [0.05, 0.1) is 0 Å². The van der Waals surface area contributed by atoms with Gasteiger partial charge in [-0.1, -0.05) is 48.5 Å². The zero-order chi connectivity index (χ0) is 13.0. The molecule has 2 aromatic rings. The van der Waals surface area contributed by atoms with Crippen molar-refractivity contribution in [1.82, 2.24) is 0 Å². The third kappa shape index (κ3) is 2.90. The minimum Gasteiger partial charge on any atom is -0.486 e. The minimum absolute atomic E-state index is 0.0195. The van der Waals surface area contributed by atoms with Gasteiger partial charge in [-0.05, 0) is 25.5 Å². The predicted molar refractivity (Wildman–Crippen MR) is 74.5 cm³/mol. The highest BCUT2D eigenvalue weighted by Gasteiger charge is 2.11. The first-order valence-corrected chi connectivity index (χ1v) is 6.24. The van der Waals surface area contributed by atoms with Crippen LogP contribution in [0.5, 0.6) is 5.75 Å². The Bertz CT molecular complexity index is 493. The minimum atomic E-state index is -0.0239. The van der Waals surface area contributed by atoms with Crippen molar-refractivity contribution in [2.45, 2.75) is 26.0 Å². The summed E-state index contributed by atoms with van der Waals surface area (Å²) in [6.07, 6.45) is 0.0195. The lowest BCUT2D eigenvalue weighted by Gasteiger charge is -2.19. The number of ether oxygens (including phenoxy) is 1. The fourth-order valence-corrected chi connectivity index (χ4v) is 1.95. The zero-order valence-electron chi connectivity index (χ0n) is 10.8. The van der Waals surface area contributed by atoms with Gasteiger partial charge in [0.15, 0.2) is 0 Å². The van der Waals surface area contributed by atoms with Crippen LogP contribution in [-0.2, 0) is 0 Å². The van der Waals surface area contributed by atoms with E-state index in [1.165, 1.54) is 0 Å². The summed E-state index contributed by atoms with van der Waals surface area (Å²) in [4.78, 5) is 0. The summed E-state index contributed by atoms with van der Waals surface area (Å²) in [5.41, 5.74) is 8.15. The van der Waals surface area contributed by atoms with Crippen LogP contribution in [0.2, 0.25) is 0 Å². The lowest BCUT2D eigenvalue weighted by Crippen LogP contribution is -2.10. The van der Waals surface area contributed by atoms with Gasteiger partial charge in [0.1, 0.15) is 11.9 Å². The second-order valence-corrected chi connectivity index (χ2v) is 4.50. The van der Waals surface area contributed by atoms with E-state index < -0.39 is 0 Å². The van der Waals surface area contributed by atoms with Gasteiger partial charge in [0.25, 0.3) is 0 Å². The Kier molecular flexibility index (Phi) is 4.00. The van der Waals surface area contributed by atoms with E-state index in [0.29, 0.717) is 0 Å². The van der Waals surface area contributed by atoms with Crippen molar-refractivity contribution in [3.63, 3.8) is 0 Å². The van der Waals surface area contributed by atoms with Crippen molar-refractivity contribution >= 4 is 0 Å². The molecule has 2 N–H and O–H groups in total. The summed E-state index contributed by atoms with van der Waals surface area (Å²) in [5.74, 6) is 0.865. The smallest absolute Gasteiger partial charge is 0.124 e. The van der Waals surface area contributed by atoms with Gasteiger partial charge in [-0.15, -0.1) is 0 Å². The Labute approximate surface area is 108 Å². The fourth-order valence-electron chi connectivity index (χ4n) is 1.95. The maximum absolute atomic E-state index is 6.01. The molecule has 1 unspecified atom stereocenters. The van der Waals surface area contributed by atoms with Gasteiger partial charge in [-0.3, -0.25) is 0 Å². The van der Waals surface area contributed by atoms with Gasteiger partial charge >= 0.3 is 0 Å². The normalized spacial score (nSPS) is 13.9. The van der Waals surface area contributed by atoms with Crippen LogP contribution in [-0.4, -0.2) is 0 Å². The van der Waals surface area contributed by atoms with Crippen LogP contribution in [0.3, 0.4) is 0 Å². The molecule has 0 saturated heterocycles. The Morgan fingerprint density at radius 2 is 1.50 bits per heavy atom. The maximum Gasteiger partial charge on any atom is 0.124 e. The molecule has 2 rings (SSSR count). The molecule has 2 atom stereocenters. The summed E-state index contributed by atoms with van der Waals surface area (Å²) < 4.78 is 6.01. The largest absolute Gasteiger partial charge is 0.486 e. The topological polar surface area (TPSA) is 35.2 Å². The van der Waals surface area contributed by atoms with Gasteiger partial charge in [-0.2, -0.15) is 0 Å². The molecule has 2 aromatic carbocycles. The Balaban J connectivity index is 2.19. The molecule has 0 amide bonds. The van der Waals surface area contributed by atoms with E-state index in [4.69, 9.17) is 10.5 Å². The van der Waals surface area contributed by atoms with Crippen molar-refractivity contribution in [2.75, 3.05) is 0 Å². The molecular formula is C16H19NO. The fraction of sp³-hybridized carbons (Fsp3) is 0.250. The number of para-hydroxylation sites is 1. The number of rotatable bonds is 4. The predicted octanol–water partition coefficient (Wildman–Crippen LogP) is 3.85. The number of nitrogens with two attached hydrogens (primary N) is 1. The third-order valence-corrected chi connectivity index (χ3v) is 2.98. The van der Waals surface area contributed by atoms with E-state index in [2.05, 4.69) is 12.1 Å². The molecule has 0 aromatic heterocycles. The molecule has 0 fully saturated rings. The van der Waals surface area contributed by atoms with Gasteiger partial charge in [0, 0.05) is 11.6 Å². The van der Waals surface area contributed by atoms with Crippen LogP contribution >= 0.6 is 0 Å². The molecule has 0 aliphatic rings. The van der Waals surface area contributed by atoms with Gasteiger partial charge in [0.2, 0.25) is 0 Å². The summed E-state index contributed by atoms with van der Waals surface area (Å²) >= 11 is 0. The molecule has 0 spiro atoms. The van der Waals surface area contributed by atoms with Crippen molar-refractivity contribution in [1.29, 1.82) is 0 Å². The average Bonchev–Trinajstić information content (AvgIpc) is 2.40. The number of hydrogen-bond acceptors (Lipinski definition) is 2. The Hall–Kier alpha value is -1.80. The molecule has 2 heteroatoms. The molecule has 0 radical (unpaired) electrons. The van der Waals surface area contributed by atoms with E-state index in [0.717, 1.165) is 16.9 Å². The first-order valence-electron chi connectivity index (χ1n) is 6.24. The van der Waals surface area contributed by atoms with Crippen LogP contribution in [0, 0.1) is 0 Å². The molecular weight excluding hydrogens is 222 g/mol. The summed E-state index contributed by atoms with van der Waals surface area (Å²) in [6, 6.07) is 18.1. The van der Waals surface area contributed by atoms with Gasteiger partial charge < -0.3 is 10.5 Å². The van der Waals surface area contributed by atoms with E-state index in [-0.39, 0.29) is 12.1 Å². The van der Waals surface area contributed by atoms with Crippen molar-refractivity contribution in [3.05, 3.63) is 65.7 Å². The van der Waals surface area contributed by atoms with Crippen molar-refractivity contribution in [2.24, 2.45) is 5.73 Å². The van der Waals surface area contributed by atoms with Crippen LogP contribution in [0.1, 0.15) is 37.1 Å². The SMILES string of the molecule is CC(Oc1ccccc1[C@@H](C)N)c1ccccc1. The second kappa shape index (κ2) is 5.69. The Morgan fingerprint density at radius 1 is 0.889 bits per heavy atom. The molecule has 0 saturated carbocycles. The monoisotopic (exact) mass is 241 g/mol. The quantitative estimate of drug-likeness (QED) is 0.882. The van der Waals surface area contributed by atoms with E-state index in [1.807, 2.05) is 56.3 Å². The molecule has 0 aliphatic heterocycles. The summed E-state index contributed by atoms with van der Waals surface area (Å²) in [5, 5.41) is 0. The first-order chi connectivity index (χ1) is 8.68. The van der Waals surface area contributed by atoms with Crippen LogP contribution in [0.15, 0.2) is 54.6 Å². The van der Waals surface area contributed by atoms with Gasteiger partial charge in [-0.25, -0.2) is 0 Å². The van der Waals surface area contributed by atoms with E-state index in [1.54, 1.807) is 0 Å². The highest BCUT2D eigenvalue weighted by molar-refractivity contribution is 5.36. The molecule has 2 nitrogen and oxygen atoms in total. The highest BCUT2D eigenvalue weighted by atomic mass is 16.5. The van der Waals surface area contributed by atoms with E-state index in [9.17, 15) is 0 Å². The van der Waals surface area contributed by atoms with Crippen LogP contribution in [0.4, 0.5) is 0 Å². The average molecular weight is 241 g/mol. The summed E-state index contributed by atoms with van der Waals surface area (Å²) in [6.45, 7) is 4.02. The molecule has 18 heavy (non-hydrogen) atoms. The van der Waals surface area contributed by atoms with Crippen molar-refractivity contribution in [3.8, 4) is 5.75 Å². The standard InChI is InChI=1S/C16H19NO/c1-12(17)15-10-6-7-11-16(15)18-13(2)14-8-4-3-5-9-14/h3-13H,17H2,1-2H3/t12-,13?/m1/s1. The molecule has 0 heterocycles. The maximum atomic E-state index is 6.01. The summed E-state index contributed by atoms with van der Waals surface area (Å²) in [7, 11) is 0. The zero-order valence-corrected chi connectivity index (χ0v) is 10.8. The number of benzene rings is 2. The number of hydrogen-bond donors (Lipinski definition) is 1. The van der Waals surface area contributed by atoms with Crippen molar-refractivity contribution < 1.29 is 4.74 Å². The van der Waals surface area contributed by atoms with Crippen LogP contribution < -0.4 is 10.5 Å². The lowest BCUT2D eigenvalue weighted by molar-refractivity contribution is 0.223. The second-order valence-electron chi connectivity index (χ2n) is 4.50. The molecule has 94 valence electrons. The Morgan fingerprint density at radius 3 is 2.17 bits per heavy atom. The third-order valence-electron chi connectivity index (χ3n) is 2.98. The molecule has 0 bridgehead atoms. The molecule has 0 aliphatic carbocycles. The lowest BCUT2D eigenvalue weighted by atomic mass is 10.1. The van der Waals surface area contributed by atoms with E-state index >= 15 is 0 Å². The van der Waals surface area contributed by atoms with Crippen LogP contribution in [0.25, 0.3) is 0 Å².